The molecule has 0 aliphatic carbocycles. The molecule has 0 heterocycles. The zero-order chi connectivity index (χ0) is 16.5. The number of benzene rings is 1. The van der Waals surface area contributed by atoms with Crippen molar-refractivity contribution in [1.29, 1.82) is 0 Å². The fourth-order valence-corrected chi connectivity index (χ4v) is 1.81. The average molecular weight is 309 g/mol. The molecule has 1 aromatic rings. The van der Waals surface area contributed by atoms with Gasteiger partial charge in [0.05, 0.1) is 24.1 Å². The summed E-state index contributed by atoms with van der Waals surface area (Å²) in [5.74, 6) is -0.690. The normalized spacial score (nSPS) is 11.5. The van der Waals surface area contributed by atoms with Crippen LogP contribution in [-0.2, 0) is 16.0 Å². The predicted octanol–water partition coefficient (Wildman–Crippen LogP) is -1.34. The Kier molecular flexibility index (Phi) is 6.93. The highest BCUT2D eigenvalue weighted by Crippen LogP contribution is 2.13. The van der Waals surface area contributed by atoms with Crippen molar-refractivity contribution in [3.8, 4) is 0 Å². The minimum Gasteiger partial charge on any atom is -0.353 e. The quantitative estimate of drug-likeness (QED) is 0.344. The first-order chi connectivity index (χ1) is 10.5. The molecule has 0 aromatic heterocycles. The van der Waals surface area contributed by atoms with Gasteiger partial charge in [0.25, 0.3) is 5.69 Å². The Morgan fingerprint density at radius 3 is 2.23 bits per heavy atom. The highest BCUT2D eigenvalue weighted by molar-refractivity contribution is 5.79. The highest BCUT2D eigenvalue weighted by atomic mass is 16.6. The van der Waals surface area contributed by atoms with Gasteiger partial charge in [0.2, 0.25) is 11.8 Å². The van der Waals surface area contributed by atoms with E-state index in [2.05, 4.69) is 10.6 Å². The lowest BCUT2D eigenvalue weighted by Crippen LogP contribution is -2.47. The van der Waals surface area contributed by atoms with Gasteiger partial charge in [0, 0.05) is 18.7 Å². The van der Waals surface area contributed by atoms with Crippen LogP contribution in [0.3, 0.4) is 0 Å². The van der Waals surface area contributed by atoms with Crippen molar-refractivity contribution in [2.24, 2.45) is 11.5 Å². The molecule has 0 aliphatic heterocycles. The van der Waals surface area contributed by atoms with Gasteiger partial charge in [-0.3, -0.25) is 19.7 Å². The fourth-order valence-electron chi connectivity index (χ4n) is 1.81. The van der Waals surface area contributed by atoms with E-state index in [0.717, 1.165) is 5.56 Å². The third-order valence-corrected chi connectivity index (χ3v) is 2.91. The van der Waals surface area contributed by atoms with Crippen molar-refractivity contribution in [3.05, 3.63) is 39.9 Å². The summed E-state index contributed by atoms with van der Waals surface area (Å²) in [5, 5.41) is 15.9. The van der Waals surface area contributed by atoms with Gasteiger partial charge >= 0.3 is 0 Å². The largest absolute Gasteiger partial charge is 0.353 e. The van der Waals surface area contributed by atoms with E-state index in [1.54, 1.807) is 12.1 Å². The van der Waals surface area contributed by atoms with Crippen molar-refractivity contribution in [2.75, 3.05) is 19.6 Å². The van der Waals surface area contributed by atoms with Crippen LogP contribution in [-0.4, -0.2) is 42.4 Å². The van der Waals surface area contributed by atoms with Gasteiger partial charge in [-0.05, 0) is 12.0 Å². The molecule has 9 nitrogen and oxygen atoms in total. The molecule has 0 bridgehead atoms. The van der Waals surface area contributed by atoms with E-state index in [4.69, 9.17) is 11.5 Å². The Morgan fingerprint density at radius 1 is 1.14 bits per heavy atom. The SMILES string of the molecule is NCC(=O)NCC(Cc1ccc([N+](=O)[O-])cc1)NC(=O)CN. The first-order valence-corrected chi connectivity index (χ1v) is 6.65. The summed E-state index contributed by atoms with van der Waals surface area (Å²) < 4.78 is 0. The molecule has 1 rings (SSSR count). The van der Waals surface area contributed by atoms with Crippen LogP contribution in [0.4, 0.5) is 5.69 Å². The van der Waals surface area contributed by atoms with Crippen LogP contribution in [0.15, 0.2) is 24.3 Å². The van der Waals surface area contributed by atoms with Crippen LogP contribution in [0.1, 0.15) is 5.56 Å². The molecule has 120 valence electrons. The number of non-ortho nitro benzene ring substituents is 1. The molecule has 0 spiro atoms. The van der Waals surface area contributed by atoms with Crippen molar-refractivity contribution >= 4 is 17.5 Å². The van der Waals surface area contributed by atoms with Gasteiger partial charge in [-0.2, -0.15) is 0 Å². The Labute approximate surface area is 127 Å². The summed E-state index contributed by atoms with van der Waals surface area (Å²) in [6.07, 6.45) is 0.397. The first kappa shape index (κ1) is 17.5. The van der Waals surface area contributed by atoms with Gasteiger partial charge in [0.15, 0.2) is 0 Å². The number of rotatable bonds is 8. The second kappa shape index (κ2) is 8.70. The van der Waals surface area contributed by atoms with Crippen molar-refractivity contribution in [1.82, 2.24) is 10.6 Å². The van der Waals surface area contributed by atoms with Crippen molar-refractivity contribution < 1.29 is 14.5 Å². The molecule has 2 amide bonds. The smallest absolute Gasteiger partial charge is 0.269 e. The third kappa shape index (κ3) is 5.85. The minimum absolute atomic E-state index is 0.0114. The van der Waals surface area contributed by atoms with E-state index in [9.17, 15) is 19.7 Å². The number of nitrogens with two attached hydrogens (primary N) is 2. The molecule has 0 saturated heterocycles. The Hall–Kier alpha value is -2.52. The van der Waals surface area contributed by atoms with Gasteiger partial charge < -0.3 is 22.1 Å². The number of nitrogens with one attached hydrogen (secondary N) is 2. The lowest BCUT2D eigenvalue weighted by molar-refractivity contribution is -0.384. The summed E-state index contributed by atoms with van der Waals surface area (Å²) >= 11 is 0. The standard InChI is InChI=1S/C13H19N5O4/c14-6-12(19)16-8-10(17-13(20)7-15)5-9-1-3-11(4-2-9)18(21)22/h1-4,10H,5-8,14-15H2,(H,16,19)(H,17,20). The number of nitro groups is 1. The summed E-state index contributed by atoms with van der Waals surface area (Å²) in [6.45, 7) is -0.116. The number of nitro benzene ring substituents is 1. The summed E-state index contributed by atoms with van der Waals surface area (Å²) in [7, 11) is 0. The first-order valence-electron chi connectivity index (χ1n) is 6.65. The van der Waals surface area contributed by atoms with Gasteiger partial charge in [0.1, 0.15) is 0 Å². The van der Waals surface area contributed by atoms with Crippen LogP contribution in [0.2, 0.25) is 0 Å². The summed E-state index contributed by atoms with van der Waals surface area (Å²) in [6, 6.07) is 5.59. The second-order valence-electron chi connectivity index (χ2n) is 4.60. The number of carbonyl (C=O) groups is 2. The van der Waals surface area contributed by atoms with Crippen LogP contribution >= 0.6 is 0 Å². The number of nitrogens with zero attached hydrogens (tertiary/aromatic N) is 1. The Balaban J connectivity index is 2.71. The number of carbonyl (C=O) groups excluding carboxylic acids is 2. The molecule has 0 saturated carbocycles. The molecule has 0 aliphatic rings. The summed E-state index contributed by atoms with van der Waals surface area (Å²) in [5.41, 5.74) is 11.2. The van der Waals surface area contributed by atoms with Crippen LogP contribution < -0.4 is 22.1 Å². The Bertz CT molecular complexity index is 532. The number of hydrogen-bond donors (Lipinski definition) is 4. The van der Waals surface area contributed by atoms with Crippen molar-refractivity contribution in [3.63, 3.8) is 0 Å². The van der Waals surface area contributed by atoms with Gasteiger partial charge in [-0.15, -0.1) is 0 Å². The van der Waals surface area contributed by atoms with E-state index in [-0.39, 0.29) is 43.2 Å². The van der Waals surface area contributed by atoms with Gasteiger partial charge in [-0.25, -0.2) is 0 Å². The maximum Gasteiger partial charge on any atom is 0.269 e. The second-order valence-corrected chi connectivity index (χ2v) is 4.60. The molecule has 0 fully saturated rings. The monoisotopic (exact) mass is 309 g/mol. The topological polar surface area (TPSA) is 153 Å². The Morgan fingerprint density at radius 2 is 1.73 bits per heavy atom. The van der Waals surface area contributed by atoms with Gasteiger partial charge in [-0.1, -0.05) is 12.1 Å². The lowest BCUT2D eigenvalue weighted by Gasteiger charge is -2.19. The fraction of sp³-hybridized carbons (Fsp3) is 0.385. The molecular formula is C13H19N5O4. The molecule has 0 radical (unpaired) electrons. The average Bonchev–Trinajstić information content (AvgIpc) is 2.52. The van der Waals surface area contributed by atoms with E-state index in [1.807, 2.05) is 0 Å². The van der Waals surface area contributed by atoms with Crippen LogP contribution in [0, 0.1) is 10.1 Å². The zero-order valence-corrected chi connectivity index (χ0v) is 12.0. The van der Waals surface area contributed by atoms with E-state index in [0.29, 0.717) is 6.42 Å². The molecular weight excluding hydrogens is 290 g/mol. The zero-order valence-electron chi connectivity index (χ0n) is 12.0. The molecule has 6 N–H and O–H groups in total. The maximum absolute atomic E-state index is 11.4. The van der Waals surface area contributed by atoms with E-state index < -0.39 is 4.92 Å². The third-order valence-electron chi connectivity index (χ3n) is 2.91. The number of amides is 2. The van der Waals surface area contributed by atoms with E-state index >= 15 is 0 Å². The summed E-state index contributed by atoms with van der Waals surface area (Å²) in [4.78, 5) is 32.7. The molecule has 22 heavy (non-hydrogen) atoms. The maximum atomic E-state index is 11.4. The van der Waals surface area contributed by atoms with E-state index in [1.165, 1.54) is 12.1 Å². The number of hydrogen-bond acceptors (Lipinski definition) is 6. The molecule has 1 unspecified atom stereocenters. The molecule has 9 heteroatoms. The highest BCUT2D eigenvalue weighted by Gasteiger charge is 2.14. The van der Waals surface area contributed by atoms with Crippen LogP contribution in [0.5, 0.6) is 0 Å². The minimum atomic E-state index is -0.487. The lowest BCUT2D eigenvalue weighted by atomic mass is 10.1. The predicted molar refractivity (Wildman–Crippen MR) is 79.8 cm³/mol. The molecule has 1 aromatic carbocycles. The molecule has 1 atom stereocenters. The van der Waals surface area contributed by atoms with Crippen molar-refractivity contribution in [2.45, 2.75) is 12.5 Å². The van der Waals surface area contributed by atoms with Crippen LogP contribution in [0.25, 0.3) is 0 Å².